The molecule has 1 heterocycles. The Morgan fingerprint density at radius 1 is 1.39 bits per heavy atom. The van der Waals surface area contributed by atoms with Gasteiger partial charge in [0.15, 0.2) is 0 Å². The maximum Gasteiger partial charge on any atom is 0.323 e. The third-order valence-electron chi connectivity index (χ3n) is 1.87. The standard InChI is InChI=1S/C10H18N6O2/c1-6(2)18-10-14-8(11)13-9(15-10)12-5-7(17)16(3)4/h6H,5H2,1-4H3,(H3,11,12,13,14,15). The average molecular weight is 254 g/mol. The van der Waals surface area contributed by atoms with E-state index in [-0.39, 0.29) is 36.5 Å². The Hall–Kier alpha value is -2.12. The molecule has 0 saturated heterocycles. The first-order valence-electron chi connectivity index (χ1n) is 5.50. The molecule has 0 bridgehead atoms. The number of carbonyl (C=O) groups is 1. The number of amides is 1. The molecular weight excluding hydrogens is 236 g/mol. The first kappa shape index (κ1) is 13.9. The van der Waals surface area contributed by atoms with Gasteiger partial charge in [0.2, 0.25) is 17.8 Å². The molecular formula is C10H18N6O2. The fourth-order valence-electron chi connectivity index (χ4n) is 1.03. The van der Waals surface area contributed by atoms with Gasteiger partial charge in [-0.25, -0.2) is 0 Å². The molecule has 0 atom stereocenters. The van der Waals surface area contributed by atoms with Gasteiger partial charge in [-0.1, -0.05) is 0 Å². The van der Waals surface area contributed by atoms with Gasteiger partial charge in [-0.15, -0.1) is 0 Å². The minimum absolute atomic E-state index is 0.0421. The summed E-state index contributed by atoms with van der Waals surface area (Å²) in [6.07, 6.45) is -0.0666. The third kappa shape index (κ3) is 4.40. The lowest BCUT2D eigenvalue weighted by atomic mass is 10.5. The fourth-order valence-corrected chi connectivity index (χ4v) is 1.03. The molecule has 1 amide bonds. The number of nitrogen functional groups attached to an aromatic ring is 1. The lowest BCUT2D eigenvalue weighted by Gasteiger charge is -2.12. The van der Waals surface area contributed by atoms with E-state index in [1.807, 2.05) is 13.8 Å². The smallest absolute Gasteiger partial charge is 0.323 e. The topological polar surface area (TPSA) is 106 Å². The zero-order chi connectivity index (χ0) is 13.7. The minimum atomic E-state index is -0.0969. The van der Waals surface area contributed by atoms with Crippen LogP contribution in [0.15, 0.2) is 0 Å². The number of carbonyl (C=O) groups excluding carboxylic acids is 1. The van der Waals surface area contributed by atoms with Gasteiger partial charge in [0, 0.05) is 14.1 Å². The lowest BCUT2D eigenvalue weighted by Crippen LogP contribution is -2.29. The molecule has 0 aliphatic heterocycles. The molecule has 0 spiro atoms. The van der Waals surface area contributed by atoms with Crippen LogP contribution < -0.4 is 15.8 Å². The predicted molar refractivity (Wildman–Crippen MR) is 67.2 cm³/mol. The van der Waals surface area contributed by atoms with Crippen LogP contribution in [0.25, 0.3) is 0 Å². The predicted octanol–water partition coefficient (Wildman–Crippen LogP) is -0.259. The van der Waals surface area contributed by atoms with Gasteiger partial charge < -0.3 is 20.7 Å². The van der Waals surface area contributed by atoms with Crippen molar-refractivity contribution >= 4 is 17.8 Å². The molecule has 0 radical (unpaired) electrons. The molecule has 8 heteroatoms. The molecule has 1 aromatic rings. The van der Waals surface area contributed by atoms with Crippen molar-refractivity contribution in [2.75, 3.05) is 31.7 Å². The SMILES string of the molecule is CC(C)Oc1nc(N)nc(NCC(=O)N(C)C)n1. The summed E-state index contributed by atoms with van der Waals surface area (Å²) in [5.41, 5.74) is 5.52. The molecule has 0 aromatic carbocycles. The normalized spacial score (nSPS) is 10.3. The van der Waals surface area contributed by atoms with Gasteiger partial charge >= 0.3 is 6.01 Å². The zero-order valence-corrected chi connectivity index (χ0v) is 11.0. The van der Waals surface area contributed by atoms with Crippen LogP contribution in [-0.4, -0.2) is 52.5 Å². The van der Waals surface area contributed by atoms with Crippen LogP contribution >= 0.6 is 0 Å². The number of hydrogen-bond donors (Lipinski definition) is 2. The summed E-state index contributed by atoms with van der Waals surface area (Å²) < 4.78 is 5.31. The van der Waals surface area contributed by atoms with Crippen molar-refractivity contribution in [3.05, 3.63) is 0 Å². The van der Waals surface area contributed by atoms with Crippen LogP contribution in [0.4, 0.5) is 11.9 Å². The molecule has 1 rings (SSSR count). The van der Waals surface area contributed by atoms with Gasteiger partial charge in [-0.3, -0.25) is 4.79 Å². The van der Waals surface area contributed by atoms with Crippen molar-refractivity contribution in [2.24, 2.45) is 0 Å². The Morgan fingerprint density at radius 3 is 2.61 bits per heavy atom. The van der Waals surface area contributed by atoms with Crippen LogP contribution in [0.3, 0.4) is 0 Å². The van der Waals surface area contributed by atoms with Crippen molar-refractivity contribution in [1.29, 1.82) is 0 Å². The number of likely N-dealkylation sites (N-methyl/N-ethyl adjacent to an activating group) is 1. The maximum absolute atomic E-state index is 11.4. The quantitative estimate of drug-likeness (QED) is 0.745. The summed E-state index contributed by atoms with van der Waals surface area (Å²) in [6, 6.07) is 0.136. The molecule has 100 valence electrons. The van der Waals surface area contributed by atoms with Crippen LogP contribution in [0.2, 0.25) is 0 Å². The van der Waals surface area contributed by atoms with Gasteiger partial charge in [0.25, 0.3) is 0 Å². The van der Waals surface area contributed by atoms with Crippen molar-refractivity contribution in [3.63, 3.8) is 0 Å². The van der Waals surface area contributed by atoms with E-state index in [1.165, 1.54) is 4.90 Å². The Balaban J connectivity index is 2.71. The highest BCUT2D eigenvalue weighted by atomic mass is 16.5. The molecule has 0 aliphatic carbocycles. The van der Waals surface area contributed by atoms with E-state index in [0.717, 1.165) is 0 Å². The molecule has 0 unspecified atom stereocenters. The third-order valence-corrected chi connectivity index (χ3v) is 1.87. The highest BCUT2D eigenvalue weighted by Crippen LogP contribution is 2.10. The highest BCUT2D eigenvalue weighted by molar-refractivity contribution is 5.79. The highest BCUT2D eigenvalue weighted by Gasteiger charge is 2.09. The molecule has 3 N–H and O–H groups in total. The number of nitrogens with two attached hydrogens (primary N) is 1. The van der Waals surface area contributed by atoms with Crippen molar-refractivity contribution < 1.29 is 9.53 Å². The summed E-state index contributed by atoms with van der Waals surface area (Å²) in [4.78, 5) is 24.6. The number of nitrogens with one attached hydrogen (secondary N) is 1. The number of aromatic nitrogens is 3. The Labute approximate surface area is 106 Å². The Morgan fingerprint density at radius 2 is 2.06 bits per heavy atom. The van der Waals surface area contributed by atoms with Crippen LogP contribution in [-0.2, 0) is 4.79 Å². The van der Waals surface area contributed by atoms with E-state index >= 15 is 0 Å². The summed E-state index contributed by atoms with van der Waals surface area (Å²) in [7, 11) is 3.33. The van der Waals surface area contributed by atoms with Gasteiger partial charge in [0.05, 0.1) is 12.6 Å². The van der Waals surface area contributed by atoms with E-state index in [1.54, 1.807) is 14.1 Å². The van der Waals surface area contributed by atoms with Crippen LogP contribution in [0, 0.1) is 0 Å². The fraction of sp³-hybridized carbons (Fsp3) is 0.600. The summed E-state index contributed by atoms with van der Waals surface area (Å²) in [5, 5.41) is 2.77. The molecule has 1 aromatic heterocycles. The molecule has 0 aliphatic rings. The zero-order valence-electron chi connectivity index (χ0n) is 11.0. The van der Waals surface area contributed by atoms with Gasteiger partial charge in [-0.2, -0.15) is 15.0 Å². The first-order valence-corrected chi connectivity index (χ1v) is 5.50. The van der Waals surface area contributed by atoms with E-state index in [0.29, 0.717) is 0 Å². The van der Waals surface area contributed by atoms with Gasteiger partial charge in [0.1, 0.15) is 0 Å². The summed E-state index contributed by atoms with van der Waals surface area (Å²) in [6.45, 7) is 3.78. The van der Waals surface area contributed by atoms with Crippen LogP contribution in [0.5, 0.6) is 6.01 Å². The van der Waals surface area contributed by atoms with Crippen molar-refractivity contribution in [2.45, 2.75) is 20.0 Å². The van der Waals surface area contributed by atoms with E-state index in [9.17, 15) is 4.79 Å². The van der Waals surface area contributed by atoms with Crippen molar-refractivity contribution in [1.82, 2.24) is 19.9 Å². The Bertz CT molecular complexity index is 421. The molecule has 0 saturated carbocycles. The number of hydrogen-bond acceptors (Lipinski definition) is 7. The number of rotatable bonds is 5. The number of ether oxygens (including phenoxy) is 1. The second-order valence-electron chi connectivity index (χ2n) is 4.11. The molecule has 0 fully saturated rings. The Kier molecular flexibility index (Phi) is 4.64. The second kappa shape index (κ2) is 5.99. The maximum atomic E-state index is 11.4. The second-order valence-corrected chi connectivity index (χ2v) is 4.11. The largest absolute Gasteiger partial charge is 0.461 e. The summed E-state index contributed by atoms with van der Waals surface area (Å²) in [5.74, 6) is 0.161. The van der Waals surface area contributed by atoms with E-state index < -0.39 is 0 Å². The molecule has 8 nitrogen and oxygen atoms in total. The van der Waals surface area contributed by atoms with E-state index in [2.05, 4.69) is 20.3 Å². The van der Waals surface area contributed by atoms with E-state index in [4.69, 9.17) is 10.5 Å². The summed E-state index contributed by atoms with van der Waals surface area (Å²) >= 11 is 0. The monoisotopic (exact) mass is 254 g/mol. The number of anilines is 2. The number of nitrogens with zero attached hydrogens (tertiary/aromatic N) is 4. The van der Waals surface area contributed by atoms with Crippen LogP contribution in [0.1, 0.15) is 13.8 Å². The van der Waals surface area contributed by atoms with Crippen molar-refractivity contribution in [3.8, 4) is 6.01 Å². The average Bonchev–Trinajstić information content (AvgIpc) is 2.23. The lowest BCUT2D eigenvalue weighted by molar-refractivity contribution is -0.126. The first-order chi connectivity index (χ1) is 8.38. The minimum Gasteiger partial charge on any atom is -0.461 e. The molecule has 18 heavy (non-hydrogen) atoms. The van der Waals surface area contributed by atoms with Gasteiger partial charge in [-0.05, 0) is 13.8 Å².